The van der Waals surface area contributed by atoms with Gasteiger partial charge in [-0.2, -0.15) is 0 Å². The molecule has 2 aromatic heterocycles. The zero-order chi connectivity index (χ0) is 16.3. The van der Waals surface area contributed by atoms with Crippen LogP contribution in [0.3, 0.4) is 0 Å². The topological polar surface area (TPSA) is 34.6 Å². The fraction of sp³-hybridized carbons (Fsp3) is 0.316. The van der Waals surface area contributed by atoms with Crippen LogP contribution in [-0.4, -0.2) is 14.5 Å². The molecule has 116 valence electrons. The summed E-state index contributed by atoms with van der Waals surface area (Å²) in [6.07, 6.45) is 4.95. The van der Waals surface area contributed by atoms with Crippen molar-refractivity contribution in [2.75, 3.05) is 0 Å². The molecule has 0 radical (unpaired) electrons. The molecule has 0 unspecified atom stereocenters. The lowest BCUT2D eigenvalue weighted by Crippen LogP contribution is -2.31. The predicted octanol–water partition coefficient (Wildman–Crippen LogP) is 2.90. The van der Waals surface area contributed by atoms with Gasteiger partial charge < -0.3 is 4.57 Å². The van der Waals surface area contributed by atoms with E-state index >= 15 is 0 Å². The summed E-state index contributed by atoms with van der Waals surface area (Å²) in [6.45, 7) is 8.54. The van der Waals surface area contributed by atoms with Gasteiger partial charge in [0.25, 0.3) is 6.33 Å². The zero-order valence-corrected chi connectivity index (χ0v) is 14.3. The fourth-order valence-electron chi connectivity index (χ4n) is 3.54. The van der Waals surface area contributed by atoms with Crippen molar-refractivity contribution in [3.8, 4) is 16.9 Å². The molecule has 0 saturated carbocycles. The first-order valence-corrected chi connectivity index (χ1v) is 7.96. The molecule has 1 aromatic carbocycles. The van der Waals surface area contributed by atoms with Crippen molar-refractivity contribution in [2.24, 2.45) is 7.05 Å². The summed E-state index contributed by atoms with van der Waals surface area (Å²) in [5.74, 6) is 1.15. The van der Waals surface area contributed by atoms with Crippen molar-refractivity contribution >= 4 is 0 Å². The monoisotopic (exact) mass is 305 g/mol. The smallest absolute Gasteiger partial charge is 0.286 e. The first-order chi connectivity index (χ1) is 11.0. The highest BCUT2D eigenvalue weighted by molar-refractivity contribution is 5.71. The number of hydrogen-bond donors (Lipinski definition) is 0. The fourth-order valence-corrected chi connectivity index (χ4v) is 3.54. The van der Waals surface area contributed by atoms with Gasteiger partial charge in [-0.25, -0.2) is 9.55 Å². The number of benzene rings is 1. The quantitative estimate of drug-likeness (QED) is 0.507. The number of aryl methyl sites for hydroxylation is 3. The predicted molar refractivity (Wildman–Crippen MR) is 89.7 cm³/mol. The minimum Gasteiger partial charge on any atom is -0.303 e. The lowest BCUT2D eigenvalue weighted by Gasteiger charge is -2.14. The number of fused-ring (bicyclic) bond motifs is 3. The molecule has 4 nitrogen and oxygen atoms in total. The Labute approximate surface area is 136 Å². The normalized spacial score (nSPS) is 12.4. The summed E-state index contributed by atoms with van der Waals surface area (Å²) in [5, 5.41) is 0. The molecule has 0 aliphatic carbocycles. The number of hydrogen-bond acceptors (Lipinski definition) is 2. The van der Waals surface area contributed by atoms with Crippen LogP contribution in [0.2, 0.25) is 0 Å². The average molecular weight is 305 g/mol. The van der Waals surface area contributed by atoms with E-state index in [1.54, 1.807) is 0 Å². The third-order valence-electron chi connectivity index (χ3n) is 4.94. The molecule has 3 heterocycles. The van der Waals surface area contributed by atoms with Crippen LogP contribution >= 0.6 is 0 Å². The molecule has 0 saturated heterocycles. The van der Waals surface area contributed by atoms with Gasteiger partial charge in [0.05, 0.1) is 18.4 Å². The van der Waals surface area contributed by atoms with Gasteiger partial charge in [-0.1, -0.05) is 4.98 Å². The highest BCUT2D eigenvalue weighted by Crippen LogP contribution is 2.36. The third kappa shape index (κ3) is 2.01. The standard InChI is InChI=1S/C19H21N4/c1-11-6-17(22(5)10-20-11)15-7-18-16(14(4)13(15)3)8-19-21-12(2)9-23(18)19/h6-7,9-10H,8H2,1-5H3/q+1. The number of rotatable bonds is 1. The van der Waals surface area contributed by atoms with Gasteiger partial charge in [-0.05, 0) is 43.5 Å². The van der Waals surface area contributed by atoms with Crippen LogP contribution in [0.15, 0.2) is 24.7 Å². The second kappa shape index (κ2) is 4.75. The SMILES string of the molecule is Cc1cc(-c2cc3c(c(C)c2C)Cc2nc(C)cn2-3)[n+](C)cn1. The van der Waals surface area contributed by atoms with E-state index < -0.39 is 0 Å². The van der Waals surface area contributed by atoms with Gasteiger partial charge in [0.1, 0.15) is 11.5 Å². The molecule has 0 N–H and O–H groups in total. The Morgan fingerprint density at radius 3 is 2.61 bits per heavy atom. The maximum atomic E-state index is 4.66. The minimum atomic E-state index is 0.928. The van der Waals surface area contributed by atoms with E-state index in [1.165, 1.54) is 33.6 Å². The van der Waals surface area contributed by atoms with Gasteiger partial charge >= 0.3 is 0 Å². The molecule has 0 spiro atoms. The van der Waals surface area contributed by atoms with Crippen molar-refractivity contribution < 1.29 is 4.57 Å². The highest BCUT2D eigenvalue weighted by atomic mass is 15.1. The van der Waals surface area contributed by atoms with E-state index in [2.05, 4.69) is 65.3 Å². The molecule has 1 aliphatic rings. The summed E-state index contributed by atoms with van der Waals surface area (Å²) in [7, 11) is 2.05. The van der Waals surface area contributed by atoms with Gasteiger partial charge in [-0.15, -0.1) is 0 Å². The van der Waals surface area contributed by atoms with Crippen LogP contribution in [0.4, 0.5) is 0 Å². The Morgan fingerprint density at radius 1 is 1.04 bits per heavy atom. The molecule has 4 rings (SSSR count). The summed E-state index contributed by atoms with van der Waals surface area (Å²) in [6, 6.07) is 4.47. The maximum Gasteiger partial charge on any atom is 0.286 e. The van der Waals surface area contributed by atoms with E-state index in [9.17, 15) is 0 Å². The number of aromatic nitrogens is 4. The van der Waals surface area contributed by atoms with Crippen molar-refractivity contribution in [3.05, 3.63) is 58.6 Å². The Hall–Kier alpha value is -2.49. The second-order valence-electron chi connectivity index (χ2n) is 6.54. The van der Waals surface area contributed by atoms with Gasteiger partial charge in [0.2, 0.25) is 0 Å². The molecule has 0 atom stereocenters. The van der Waals surface area contributed by atoms with Crippen LogP contribution < -0.4 is 4.57 Å². The first kappa shape index (κ1) is 14.1. The Bertz CT molecular complexity index is 950. The summed E-state index contributed by atoms with van der Waals surface area (Å²) in [4.78, 5) is 9.04. The van der Waals surface area contributed by atoms with Crippen LogP contribution in [0, 0.1) is 27.7 Å². The lowest BCUT2D eigenvalue weighted by atomic mass is 9.93. The summed E-state index contributed by atoms with van der Waals surface area (Å²) < 4.78 is 4.34. The maximum absolute atomic E-state index is 4.66. The molecule has 1 aliphatic heterocycles. The number of imidazole rings is 1. The summed E-state index contributed by atoms with van der Waals surface area (Å²) >= 11 is 0. The van der Waals surface area contributed by atoms with Crippen molar-refractivity contribution in [1.82, 2.24) is 14.5 Å². The van der Waals surface area contributed by atoms with Crippen LogP contribution in [-0.2, 0) is 13.5 Å². The molecule has 0 bridgehead atoms. The van der Waals surface area contributed by atoms with Crippen molar-refractivity contribution in [1.29, 1.82) is 0 Å². The van der Waals surface area contributed by atoms with E-state index in [-0.39, 0.29) is 0 Å². The van der Waals surface area contributed by atoms with Crippen LogP contribution in [0.1, 0.15) is 33.9 Å². The van der Waals surface area contributed by atoms with E-state index in [0.29, 0.717) is 0 Å². The molecular weight excluding hydrogens is 284 g/mol. The Kier molecular flexibility index (Phi) is 2.92. The zero-order valence-electron chi connectivity index (χ0n) is 14.3. The van der Waals surface area contributed by atoms with Crippen molar-refractivity contribution in [2.45, 2.75) is 34.1 Å². The van der Waals surface area contributed by atoms with Crippen LogP contribution in [0.25, 0.3) is 16.9 Å². The van der Waals surface area contributed by atoms with E-state index in [4.69, 9.17) is 0 Å². The largest absolute Gasteiger partial charge is 0.303 e. The molecule has 0 amide bonds. The first-order valence-electron chi connectivity index (χ1n) is 7.96. The third-order valence-corrected chi connectivity index (χ3v) is 4.94. The summed E-state index contributed by atoms with van der Waals surface area (Å²) in [5.41, 5.74) is 9.98. The highest BCUT2D eigenvalue weighted by Gasteiger charge is 2.25. The van der Waals surface area contributed by atoms with Gasteiger partial charge in [0.15, 0.2) is 5.69 Å². The Balaban J connectivity index is 2.00. The molecule has 3 aromatic rings. The molecule has 0 fully saturated rings. The van der Waals surface area contributed by atoms with Gasteiger partial charge in [0, 0.05) is 31.2 Å². The second-order valence-corrected chi connectivity index (χ2v) is 6.54. The van der Waals surface area contributed by atoms with Gasteiger partial charge in [-0.3, -0.25) is 0 Å². The van der Waals surface area contributed by atoms with E-state index in [1.807, 2.05) is 13.3 Å². The lowest BCUT2D eigenvalue weighted by molar-refractivity contribution is -0.663. The minimum absolute atomic E-state index is 0.928. The van der Waals surface area contributed by atoms with Crippen LogP contribution in [0.5, 0.6) is 0 Å². The number of nitrogens with zero attached hydrogens (tertiary/aromatic N) is 4. The molecule has 4 heteroatoms. The average Bonchev–Trinajstić information content (AvgIpc) is 3.02. The molecule has 23 heavy (non-hydrogen) atoms. The van der Waals surface area contributed by atoms with Crippen molar-refractivity contribution in [3.63, 3.8) is 0 Å². The molecular formula is C19H21N4+. The Morgan fingerprint density at radius 2 is 1.83 bits per heavy atom. The van der Waals surface area contributed by atoms with E-state index in [0.717, 1.165) is 23.6 Å².